The first-order chi connectivity index (χ1) is 15.6. The van der Waals surface area contributed by atoms with Crippen LogP contribution in [0, 0.1) is 11.7 Å². The van der Waals surface area contributed by atoms with Gasteiger partial charge in [-0.25, -0.2) is 9.18 Å². The Morgan fingerprint density at radius 2 is 1.79 bits per heavy atom. The fraction of sp³-hybridized carbons (Fsp3) is 0.280. The number of aliphatic hydroxyl groups is 1. The predicted octanol–water partition coefficient (Wildman–Crippen LogP) is 5.67. The minimum absolute atomic E-state index is 0.125. The Bertz CT molecular complexity index is 1220. The Morgan fingerprint density at radius 3 is 2.33 bits per heavy atom. The molecule has 2 aromatic carbocycles. The molecule has 8 heteroatoms. The first-order valence-electron chi connectivity index (χ1n) is 10.4. The van der Waals surface area contributed by atoms with Crippen LogP contribution in [0.25, 0.3) is 27.6 Å². The van der Waals surface area contributed by atoms with Gasteiger partial charge < -0.3 is 10.2 Å². The zero-order valence-corrected chi connectivity index (χ0v) is 19.7. The molecular formula is C25H26FNO5P+. The van der Waals surface area contributed by atoms with E-state index in [-0.39, 0.29) is 11.5 Å². The Balaban J connectivity index is 2.51. The molecule has 0 saturated carbocycles. The van der Waals surface area contributed by atoms with Gasteiger partial charge in [0.1, 0.15) is 11.9 Å². The minimum Gasteiger partial charge on any atom is -0.477 e. The highest BCUT2D eigenvalue weighted by Gasteiger charge is 2.65. The summed E-state index contributed by atoms with van der Waals surface area (Å²) >= 11 is 0. The van der Waals surface area contributed by atoms with E-state index in [9.17, 15) is 24.0 Å². The van der Waals surface area contributed by atoms with Crippen LogP contribution in [0.5, 0.6) is 0 Å². The normalized spacial score (nSPS) is 15.4. The number of carboxylic acids is 1. The van der Waals surface area contributed by atoms with E-state index in [1.165, 1.54) is 25.3 Å². The standard InChI is InChI=1S/C25H25FNO5P/c1-15(2)13-21(25(16(3)28,24(29)30)33(31)32-4)20-14-27-22-8-6-5-7-19(22)23(20)17-9-11-18(26)12-10-17/h5-16,28H,1-4H3/p+1. The molecule has 0 bridgehead atoms. The Labute approximate surface area is 192 Å². The minimum atomic E-state index is -2.88. The molecule has 1 aromatic heterocycles. The van der Waals surface area contributed by atoms with Crippen LogP contribution in [-0.2, 0) is 13.9 Å². The maximum absolute atomic E-state index is 13.7. The number of rotatable bonds is 8. The van der Waals surface area contributed by atoms with E-state index >= 15 is 0 Å². The Kier molecular flexibility index (Phi) is 7.38. The number of allylic oxidation sites excluding steroid dienone is 1. The van der Waals surface area contributed by atoms with Crippen molar-refractivity contribution in [3.05, 3.63) is 72.2 Å². The molecule has 3 unspecified atom stereocenters. The SMILES string of the molecule is CO[P+](=O)C(C(=O)O)(C(=CC(C)C)c1cnc2ccccc2c1-c1ccc(F)cc1)C(C)O. The average molecular weight is 470 g/mol. The van der Waals surface area contributed by atoms with Crippen molar-refractivity contribution in [1.29, 1.82) is 0 Å². The highest BCUT2D eigenvalue weighted by atomic mass is 31.1. The summed E-state index contributed by atoms with van der Waals surface area (Å²) in [7, 11) is -1.74. The molecular weight excluding hydrogens is 444 g/mol. The fourth-order valence-corrected chi connectivity index (χ4v) is 5.16. The van der Waals surface area contributed by atoms with Gasteiger partial charge in [-0.3, -0.25) is 4.98 Å². The van der Waals surface area contributed by atoms with E-state index in [1.807, 2.05) is 38.1 Å². The predicted molar refractivity (Wildman–Crippen MR) is 127 cm³/mol. The summed E-state index contributed by atoms with van der Waals surface area (Å²) < 4.78 is 31.9. The third-order valence-electron chi connectivity index (χ3n) is 5.49. The summed E-state index contributed by atoms with van der Waals surface area (Å²) in [4.78, 5) is 17.2. The monoisotopic (exact) mass is 470 g/mol. The van der Waals surface area contributed by atoms with Crippen molar-refractivity contribution in [3.63, 3.8) is 0 Å². The van der Waals surface area contributed by atoms with Crippen molar-refractivity contribution >= 4 is 30.5 Å². The van der Waals surface area contributed by atoms with Crippen molar-refractivity contribution in [2.75, 3.05) is 7.11 Å². The zero-order chi connectivity index (χ0) is 24.3. The largest absolute Gasteiger partial charge is 0.534 e. The number of aliphatic hydroxyl groups excluding tert-OH is 1. The van der Waals surface area contributed by atoms with E-state index in [1.54, 1.807) is 18.2 Å². The Hall–Kier alpha value is -2.99. The van der Waals surface area contributed by atoms with Gasteiger partial charge in [-0.2, -0.15) is 0 Å². The van der Waals surface area contributed by atoms with Crippen LogP contribution >= 0.6 is 8.03 Å². The van der Waals surface area contributed by atoms with Gasteiger partial charge in [-0.05, 0) is 41.2 Å². The van der Waals surface area contributed by atoms with Crippen LogP contribution < -0.4 is 0 Å². The molecule has 3 rings (SSSR count). The van der Waals surface area contributed by atoms with Crippen molar-refractivity contribution < 1.29 is 28.5 Å². The van der Waals surface area contributed by atoms with Gasteiger partial charge in [-0.1, -0.05) is 50.3 Å². The third-order valence-corrected chi connectivity index (χ3v) is 7.21. The number of carbonyl (C=O) groups is 1. The average Bonchev–Trinajstić information content (AvgIpc) is 2.77. The number of aromatic nitrogens is 1. The zero-order valence-electron chi connectivity index (χ0n) is 18.8. The van der Waals surface area contributed by atoms with E-state index < -0.39 is 31.1 Å². The van der Waals surface area contributed by atoms with Crippen molar-refractivity contribution in [2.45, 2.75) is 32.0 Å². The number of pyridine rings is 1. The van der Waals surface area contributed by atoms with Crippen LogP contribution in [0.15, 0.2) is 60.8 Å². The number of hydrogen-bond donors (Lipinski definition) is 2. The van der Waals surface area contributed by atoms with Crippen molar-refractivity contribution in [2.24, 2.45) is 5.92 Å². The van der Waals surface area contributed by atoms with E-state index in [2.05, 4.69) is 4.98 Å². The van der Waals surface area contributed by atoms with E-state index in [4.69, 9.17) is 4.52 Å². The number of nitrogens with zero attached hydrogens (tertiary/aromatic N) is 1. The molecule has 3 aromatic rings. The molecule has 0 spiro atoms. The van der Waals surface area contributed by atoms with Gasteiger partial charge >= 0.3 is 19.2 Å². The summed E-state index contributed by atoms with van der Waals surface area (Å²) in [6.45, 7) is 4.97. The molecule has 0 saturated heterocycles. The molecule has 0 aliphatic rings. The summed E-state index contributed by atoms with van der Waals surface area (Å²) in [6, 6.07) is 13.1. The highest BCUT2D eigenvalue weighted by Crippen LogP contribution is 2.53. The molecule has 3 atom stereocenters. The molecule has 0 amide bonds. The van der Waals surface area contributed by atoms with Crippen LogP contribution in [0.1, 0.15) is 26.3 Å². The quantitative estimate of drug-likeness (QED) is 0.412. The lowest BCUT2D eigenvalue weighted by Gasteiger charge is -2.27. The number of para-hydroxylation sites is 1. The summed E-state index contributed by atoms with van der Waals surface area (Å²) in [6.07, 6.45) is 1.61. The van der Waals surface area contributed by atoms with Gasteiger partial charge in [0.25, 0.3) is 0 Å². The van der Waals surface area contributed by atoms with Gasteiger partial charge in [-0.15, -0.1) is 4.52 Å². The number of aliphatic carboxylic acids is 1. The first-order valence-corrected chi connectivity index (χ1v) is 11.6. The summed E-state index contributed by atoms with van der Waals surface area (Å²) in [5, 5.41) is 19.5. The number of fused-ring (bicyclic) bond motifs is 1. The molecule has 0 radical (unpaired) electrons. The molecule has 0 fully saturated rings. The third kappa shape index (κ3) is 4.44. The maximum Gasteiger partial charge on any atom is 0.534 e. The number of benzene rings is 2. The lowest BCUT2D eigenvalue weighted by Crippen LogP contribution is -2.46. The number of carboxylic acid groups (broad SMARTS) is 1. The van der Waals surface area contributed by atoms with Gasteiger partial charge in [0.05, 0.1) is 12.6 Å². The number of halogens is 1. The summed E-state index contributed by atoms with van der Waals surface area (Å²) in [5.41, 5.74) is 2.37. The number of hydrogen-bond acceptors (Lipinski definition) is 5. The molecule has 33 heavy (non-hydrogen) atoms. The molecule has 6 nitrogen and oxygen atoms in total. The van der Waals surface area contributed by atoms with Crippen molar-refractivity contribution in [3.8, 4) is 11.1 Å². The van der Waals surface area contributed by atoms with Crippen LogP contribution in [0.2, 0.25) is 0 Å². The summed E-state index contributed by atoms with van der Waals surface area (Å²) in [5.74, 6) is -2.06. The van der Waals surface area contributed by atoms with Crippen LogP contribution in [0.4, 0.5) is 4.39 Å². The Morgan fingerprint density at radius 1 is 1.15 bits per heavy atom. The second-order valence-corrected chi connectivity index (χ2v) is 9.67. The highest BCUT2D eigenvalue weighted by molar-refractivity contribution is 7.43. The smallest absolute Gasteiger partial charge is 0.477 e. The second-order valence-electron chi connectivity index (χ2n) is 8.08. The van der Waals surface area contributed by atoms with Gasteiger partial charge in [0.2, 0.25) is 0 Å². The first kappa shape index (κ1) is 24.6. The molecule has 0 aliphatic heterocycles. The second kappa shape index (κ2) is 9.87. The molecule has 1 heterocycles. The fourth-order valence-electron chi connectivity index (χ4n) is 4.02. The molecule has 172 valence electrons. The van der Waals surface area contributed by atoms with E-state index in [0.717, 1.165) is 7.11 Å². The van der Waals surface area contributed by atoms with Gasteiger partial charge in [0, 0.05) is 28.3 Å². The van der Waals surface area contributed by atoms with Crippen LogP contribution in [-0.4, -0.2) is 39.5 Å². The lowest BCUT2D eigenvalue weighted by molar-refractivity contribution is -0.141. The molecule has 2 N–H and O–H groups in total. The van der Waals surface area contributed by atoms with Crippen LogP contribution in [0.3, 0.4) is 0 Å². The maximum atomic E-state index is 13.7. The lowest BCUT2D eigenvalue weighted by atomic mass is 9.82. The van der Waals surface area contributed by atoms with E-state index in [0.29, 0.717) is 27.6 Å². The van der Waals surface area contributed by atoms with Crippen molar-refractivity contribution in [1.82, 2.24) is 4.98 Å². The molecule has 0 aliphatic carbocycles. The topological polar surface area (TPSA) is 96.7 Å². The van der Waals surface area contributed by atoms with Gasteiger partial charge in [0.15, 0.2) is 0 Å².